The normalized spacial score (nSPS) is 33.8. The molecule has 2 aliphatic rings. The van der Waals surface area contributed by atoms with Gasteiger partial charge in [-0.25, -0.2) is 0 Å². The van der Waals surface area contributed by atoms with Crippen LogP contribution in [0.25, 0.3) is 0 Å². The molecular formula is C18H37N3O2Si. The third kappa shape index (κ3) is 4.39. The fraction of sp³-hybridized carbons (Fsp3) is 0.944. The molecule has 0 saturated carbocycles. The molecule has 6 heteroatoms. The van der Waals surface area contributed by atoms with E-state index in [9.17, 15) is 4.79 Å². The summed E-state index contributed by atoms with van der Waals surface area (Å²) in [7, 11) is -1.74. The zero-order chi connectivity index (χ0) is 18.5. The van der Waals surface area contributed by atoms with Crippen molar-refractivity contribution < 1.29 is 9.22 Å². The number of carbonyl (C=O) groups is 1. The van der Waals surface area contributed by atoms with E-state index >= 15 is 0 Å². The van der Waals surface area contributed by atoms with Crippen LogP contribution in [-0.4, -0.2) is 62.0 Å². The van der Waals surface area contributed by atoms with Gasteiger partial charge in [0.2, 0.25) is 5.91 Å². The van der Waals surface area contributed by atoms with E-state index in [2.05, 4.69) is 56.3 Å². The fourth-order valence-electron chi connectivity index (χ4n) is 3.18. The summed E-state index contributed by atoms with van der Waals surface area (Å²) in [6.45, 7) is 21.4. The Bertz CT molecular complexity index is 482. The molecule has 2 saturated heterocycles. The van der Waals surface area contributed by atoms with Crippen LogP contribution in [0.3, 0.4) is 0 Å². The molecule has 0 bridgehead atoms. The van der Waals surface area contributed by atoms with E-state index in [4.69, 9.17) is 4.43 Å². The molecular weight excluding hydrogens is 318 g/mol. The van der Waals surface area contributed by atoms with Crippen molar-refractivity contribution in [1.82, 2.24) is 15.5 Å². The first-order valence-electron chi connectivity index (χ1n) is 9.21. The summed E-state index contributed by atoms with van der Waals surface area (Å²) in [5.74, 6) is 0.110. The lowest BCUT2D eigenvalue weighted by atomic mass is 10.0. The van der Waals surface area contributed by atoms with Gasteiger partial charge in [0.05, 0.1) is 12.6 Å². The highest BCUT2D eigenvalue weighted by atomic mass is 28.4. The van der Waals surface area contributed by atoms with Gasteiger partial charge in [0.15, 0.2) is 8.32 Å². The first-order chi connectivity index (χ1) is 10.7. The van der Waals surface area contributed by atoms with Crippen LogP contribution in [0.1, 0.15) is 48.5 Å². The van der Waals surface area contributed by atoms with Gasteiger partial charge in [0, 0.05) is 24.2 Å². The summed E-state index contributed by atoms with van der Waals surface area (Å²) in [6.07, 6.45) is 0. The molecule has 2 rings (SSSR count). The summed E-state index contributed by atoms with van der Waals surface area (Å²) in [6, 6.07) is 0.830. The molecule has 140 valence electrons. The van der Waals surface area contributed by atoms with E-state index in [0.717, 1.165) is 13.2 Å². The van der Waals surface area contributed by atoms with Crippen LogP contribution in [0.5, 0.6) is 0 Å². The van der Waals surface area contributed by atoms with Crippen LogP contribution in [0.2, 0.25) is 18.1 Å². The van der Waals surface area contributed by atoms with Crippen LogP contribution < -0.4 is 10.6 Å². The van der Waals surface area contributed by atoms with Gasteiger partial charge in [-0.05, 0) is 45.8 Å². The Morgan fingerprint density at radius 1 is 1.25 bits per heavy atom. The largest absolute Gasteiger partial charge is 0.415 e. The van der Waals surface area contributed by atoms with Crippen molar-refractivity contribution in [1.29, 1.82) is 0 Å². The van der Waals surface area contributed by atoms with E-state index in [1.807, 2.05) is 20.8 Å². The van der Waals surface area contributed by atoms with Gasteiger partial charge < -0.3 is 15.1 Å². The lowest BCUT2D eigenvalue weighted by Gasteiger charge is -2.36. The molecule has 0 aromatic carbocycles. The van der Waals surface area contributed by atoms with Crippen LogP contribution in [-0.2, 0) is 9.22 Å². The minimum atomic E-state index is -1.74. The second kappa shape index (κ2) is 6.38. The third-order valence-electron chi connectivity index (χ3n) is 5.61. The first-order valence-corrected chi connectivity index (χ1v) is 12.1. The maximum absolute atomic E-state index is 12.7. The van der Waals surface area contributed by atoms with Gasteiger partial charge in [0.1, 0.15) is 6.04 Å². The number of nitrogens with one attached hydrogen (secondary N) is 2. The first kappa shape index (κ1) is 19.9. The summed E-state index contributed by atoms with van der Waals surface area (Å²) in [5.41, 5.74) is -0.202. The molecule has 0 aromatic rings. The quantitative estimate of drug-likeness (QED) is 0.600. The molecule has 1 amide bonds. The van der Waals surface area contributed by atoms with Crippen molar-refractivity contribution >= 4 is 14.2 Å². The highest BCUT2D eigenvalue weighted by Gasteiger charge is 2.58. The lowest BCUT2D eigenvalue weighted by molar-refractivity contribution is -0.125. The Balaban J connectivity index is 1.99. The van der Waals surface area contributed by atoms with Gasteiger partial charge in [-0.3, -0.25) is 9.69 Å². The Kier molecular flexibility index (Phi) is 5.28. The molecule has 0 aromatic heterocycles. The number of piperazine rings is 1. The van der Waals surface area contributed by atoms with Gasteiger partial charge in [-0.2, -0.15) is 0 Å². The summed E-state index contributed by atoms with van der Waals surface area (Å²) in [4.78, 5) is 15.1. The Labute approximate surface area is 149 Å². The molecule has 2 heterocycles. The molecule has 0 spiro atoms. The second-order valence-corrected chi connectivity index (χ2v) is 14.9. The second-order valence-electron chi connectivity index (χ2n) is 10.1. The Hall–Kier alpha value is -0.433. The Morgan fingerprint density at radius 3 is 2.33 bits per heavy atom. The average Bonchev–Trinajstić information content (AvgIpc) is 3.04. The molecule has 0 aliphatic carbocycles. The standard InChI is InChI=1S/C18H37N3O2Si/c1-12-10-21-13(11-23-24(8,9)18(5,6)7)15(21)14(19-12)16(22)20-17(2,3)4/h12-15,19H,10-11H2,1-9H3,(H,20,22)/t12-,13-,14-,15+,21?/m1/s1. The van der Waals surface area contributed by atoms with Gasteiger partial charge in [0.25, 0.3) is 0 Å². The monoisotopic (exact) mass is 355 g/mol. The number of nitrogens with zero attached hydrogens (tertiary/aromatic N) is 1. The van der Waals surface area contributed by atoms with Crippen LogP contribution >= 0.6 is 0 Å². The molecule has 24 heavy (non-hydrogen) atoms. The number of amides is 1. The highest BCUT2D eigenvalue weighted by Crippen LogP contribution is 2.40. The topological polar surface area (TPSA) is 53.4 Å². The smallest absolute Gasteiger partial charge is 0.239 e. The van der Waals surface area contributed by atoms with E-state index in [0.29, 0.717) is 12.1 Å². The number of rotatable bonds is 4. The molecule has 1 unspecified atom stereocenters. The predicted octanol–water partition coefficient (Wildman–Crippen LogP) is 2.34. The molecule has 5 nitrogen and oxygen atoms in total. The minimum Gasteiger partial charge on any atom is -0.415 e. The van der Waals surface area contributed by atoms with Crippen LogP contribution in [0.15, 0.2) is 0 Å². The van der Waals surface area contributed by atoms with Gasteiger partial charge in [-0.15, -0.1) is 0 Å². The maximum Gasteiger partial charge on any atom is 0.239 e. The van der Waals surface area contributed by atoms with E-state index in [-0.39, 0.29) is 28.6 Å². The van der Waals surface area contributed by atoms with Gasteiger partial charge in [-0.1, -0.05) is 20.8 Å². The van der Waals surface area contributed by atoms with Crippen molar-refractivity contribution in [2.75, 3.05) is 13.2 Å². The summed E-state index contributed by atoms with van der Waals surface area (Å²) in [5, 5.41) is 6.83. The Morgan fingerprint density at radius 2 is 1.83 bits per heavy atom. The van der Waals surface area contributed by atoms with E-state index in [1.165, 1.54) is 0 Å². The van der Waals surface area contributed by atoms with Crippen molar-refractivity contribution in [3.05, 3.63) is 0 Å². The van der Waals surface area contributed by atoms with Crippen LogP contribution in [0, 0.1) is 0 Å². The zero-order valence-corrected chi connectivity index (χ0v) is 18.0. The molecule has 0 radical (unpaired) electrons. The zero-order valence-electron chi connectivity index (χ0n) is 17.0. The van der Waals surface area contributed by atoms with Crippen molar-refractivity contribution in [3.8, 4) is 0 Å². The maximum atomic E-state index is 12.7. The number of carbonyl (C=O) groups excluding carboxylic acids is 1. The predicted molar refractivity (Wildman–Crippen MR) is 102 cm³/mol. The summed E-state index contributed by atoms with van der Waals surface area (Å²) >= 11 is 0. The van der Waals surface area contributed by atoms with Crippen molar-refractivity contribution in [2.45, 2.75) is 96.3 Å². The van der Waals surface area contributed by atoms with Crippen LogP contribution in [0.4, 0.5) is 0 Å². The molecule has 2 fully saturated rings. The van der Waals surface area contributed by atoms with E-state index in [1.54, 1.807) is 0 Å². The van der Waals surface area contributed by atoms with Crippen molar-refractivity contribution in [3.63, 3.8) is 0 Å². The number of hydrogen-bond acceptors (Lipinski definition) is 4. The lowest BCUT2D eigenvalue weighted by Crippen LogP contribution is -2.59. The third-order valence-corrected chi connectivity index (χ3v) is 10.1. The molecule has 2 aliphatic heterocycles. The molecule has 5 atom stereocenters. The fourth-order valence-corrected chi connectivity index (χ4v) is 4.20. The average molecular weight is 356 g/mol. The number of hydrogen-bond donors (Lipinski definition) is 2. The minimum absolute atomic E-state index is 0.110. The number of fused-ring (bicyclic) bond motifs is 1. The summed E-state index contributed by atoms with van der Waals surface area (Å²) < 4.78 is 6.41. The highest BCUT2D eigenvalue weighted by molar-refractivity contribution is 6.74. The molecule has 2 N–H and O–H groups in total. The SMILES string of the molecule is C[C@@H]1CN2[C@@H]([C@H]2CO[Si](C)(C)C(C)(C)C)[C@H](C(=O)NC(C)(C)C)N1. The van der Waals surface area contributed by atoms with E-state index < -0.39 is 8.32 Å². The van der Waals surface area contributed by atoms with Gasteiger partial charge >= 0.3 is 0 Å². The van der Waals surface area contributed by atoms with Crippen molar-refractivity contribution in [2.24, 2.45) is 0 Å².